The van der Waals surface area contributed by atoms with Gasteiger partial charge < -0.3 is 14.4 Å². The minimum Gasteiger partial charge on any atom is -0.497 e. The molecule has 1 aromatic heterocycles. The third kappa shape index (κ3) is 4.76. The van der Waals surface area contributed by atoms with E-state index in [9.17, 15) is 4.79 Å². The molecule has 6 heteroatoms. The van der Waals surface area contributed by atoms with Gasteiger partial charge >= 0.3 is 0 Å². The highest BCUT2D eigenvalue weighted by Gasteiger charge is 2.26. The molecule has 1 atom stereocenters. The van der Waals surface area contributed by atoms with Gasteiger partial charge in [-0.1, -0.05) is 30.3 Å². The van der Waals surface area contributed by atoms with Gasteiger partial charge in [-0.05, 0) is 37.1 Å². The van der Waals surface area contributed by atoms with E-state index in [4.69, 9.17) is 14.5 Å². The molecule has 1 fully saturated rings. The van der Waals surface area contributed by atoms with Gasteiger partial charge in [0.25, 0.3) is 5.91 Å². The van der Waals surface area contributed by atoms with Gasteiger partial charge in [0, 0.05) is 30.8 Å². The average Bonchev–Trinajstić information content (AvgIpc) is 2.83. The predicted octanol–water partition coefficient (Wildman–Crippen LogP) is 3.94. The van der Waals surface area contributed by atoms with Crippen LogP contribution in [0.15, 0.2) is 67.0 Å². The summed E-state index contributed by atoms with van der Waals surface area (Å²) in [5.41, 5.74) is 2.68. The maximum absolute atomic E-state index is 12.7. The summed E-state index contributed by atoms with van der Waals surface area (Å²) in [5.74, 6) is 1.65. The van der Waals surface area contributed by atoms with E-state index >= 15 is 0 Å². The molecular formula is C24H25N3O3. The van der Waals surface area contributed by atoms with Crippen LogP contribution in [0.1, 0.15) is 24.5 Å². The van der Waals surface area contributed by atoms with Gasteiger partial charge in [-0.25, -0.2) is 4.98 Å². The Labute approximate surface area is 176 Å². The molecule has 6 nitrogen and oxygen atoms in total. The molecule has 0 N–H and O–H groups in total. The molecule has 0 unspecified atom stereocenters. The smallest absolute Gasteiger partial charge is 0.260 e. The molecular weight excluding hydrogens is 378 g/mol. The van der Waals surface area contributed by atoms with Crippen LogP contribution < -0.4 is 9.47 Å². The number of rotatable bonds is 6. The van der Waals surface area contributed by atoms with Crippen molar-refractivity contribution in [2.45, 2.75) is 18.8 Å². The lowest BCUT2D eigenvalue weighted by Crippen LogP contribution is -2.41. The number of nitrogens with zero attached hydrogens (tertiary/aromatic N) is 3. The lowest BCUT2D eigenvalue weighted by molar-refractivity contribution is -0.134. The van der Waals surface area contributed by atoms with Crippen molar-refractivity contribution >= 4 is 5.91 Å². The first-order valence-electron chi connectivity index (χ1n) is 10.1. The zero-order valence-corrected chi connectivity index (χ0v) is 17.0. The number of hydrogen-bond donors (Lipinski definition) is 0. The monoisotopic (exact) mass is 403 g/mol. The lowest BCUT2D eigenvalue weighted by Gasteiger charge is -2.32. The quantitative estimate of drug-likeness (QED) is 0.624. The lowest BCUT2D eigenvalue weighted by atomic mass is 9.94. The first kappa shape index (κ1) is 19.9. The number of carbonyl (C=O) groups excluding carboxylic acids is 1. The minimum atomic E-state index is 0.000428. The maximum atomic E-state index is 12.7. The van der Waals surface area contributed by atoms with Crippen molar-refractivity contribution in [3.63, 3.8) is 0 Å². The van der Waals surface area contributed by atoms with Crippen LogP contribution in [-0.4, -0.2) is 47.6 Å². The summed E-state index contributed by atoms with van der Waals surface area (Å²) in [6, 6.07) is 17.2. The SMILES string of the molecule is COc1cccc(-c2cncc([C@@H]3CCCN(C(=O)COc4ccccc4)C3)n2)c1. The van der Waals surface area contributed by atoms with E-state index in [1.165, 1.54) is 0 Å². The highest BCUT2D eigenvalue weighted by molar-refractivity contribution is 5.78. The highest BCUT2D eigenvalue weighted by Crippen LogP contribution is 2.28. The third-order valence-corrected chi connectivity index (χ3v) is 5.32. The topological polar surface area (TPSA) is 64.5 Å². The van der Waals surface area contributed by atoms with E-state index < -0.39 is 0 Å². The Morgan fingerprint density at radius 3 is 2.77 bits per heavy atom. The highest BCUT2D eigenvalue weighted by atomic mass is 16.5. The number of likely N-dealkylation sites (tertiary alicyclic amines) is 1. The Kier molecular flexibility index (Phi) is 6.23. The van der Waals surface area contributed by atoms with Gasteiger partial charge in [0.2, 0.25) is 0 Å². The maximum Gasteiger partial charge on any atom is 0.260 e. The first-order chi connectivity index (χ1) is 14.7. The number of aromatic nitrogens is 2. The van der Waals surface area contributed by atoms with E-state index in [1.807, 2.05) is 65.7 Å². The number of piperidine rings is 1. The van der Waals surface area contributed by atoms with Gasteiger partial charge in [-0.3, -0.25) is 9.78 Å². The van der Waals surface area contributed by atoms with Crippen molar-refractivity contribution in [2.24, 2.45) is 0 Å². The Balaban J connectivity index is 1.43. The van der Waals surface area contributed by atoms with E-state index in [1.54, 1.807) is 13.3 Å². The number of hydrogen-bond acceptors (Lipinski definition) is 5. The second-order valence-corrected chi connectivity index (χ2v) is 7.34. The summed E-state index contributed by atoms with van der Waals surface area (Å²) in [6.07, 6.45) is 5.49. The van der Waals surface area contributed by atoms with Crippen molar-refractivity contribution in [3.8, 4) is 22.8 Å². The number of amides is 1. The zero-order chi connectivity index (χ0) is 20.8. The normalized spacial score (nSPS) is 16.2. The second-order valence-electron chi connectivity index (χ2n) is 7.34. The predicted molar refractivity (Wildman–Crippen MR) is 115 cm³/mol. The fourth-order valence-corrected chi connectivity index (χ4v) is 3.70. The van der Waals surface area contributed by atoms with Gasteiger partial charge in [0.1, 0.15) is 11.5 Å². The van der Waals surface area contributed by atoms with Gasteiger partial charge in [-0.15, -0.1) is 0 Å². The zero-order valence-electron chi connectivity index (χ0n) is 17.0. The summed E-state index contributed by atoms with van der Waals surface area (Å²) in [6.45, 7) is 1.43. The molecule has 3 aromatic rings. The number of carbonyl (C=O) groups is 1. The molecule has 0 aliphatic carbocycles. The van der Waals surface area contributed by atoms with Gasteiger partial charge in [0.15, 0.2) is 6.61 Å². The third-order valence-electron chi connectivity index (χ3n) is 5.32. The first-order valence-corrected chi connectivity index (χ1v) is 10.1. The molecule has 2 aromatic carbocycles. The largest absolute Gasteiger partial charge is 0.497 e. The van der Waals surface area contributed by atoms with Crippen molar-refractivity contribution < 1.29 is 14.3 Å². The van der Waals surface area contributed by atoms with Crippen LogP contribution >= 0.6 is 0 Å². The minimum absolute atomic E-state index is 0.000428. The average molecular weight is 403 g/mol. The van der Waals surface area contributed by atoms with E-state index in [0.717, 1.165) is 42.1 Å². The molecule has 2 heterocycles. The summed E-state index contributed by atoms with van der Waals surface area (Å²) in [7, 11) is 1.65. The van der Waals surface area contributed by atoms with Gasteiger partial charge in [0.05, 0.1) is 24.7 Å². The van der Waals surface area contributed by atoms with E-state index in [-0.39, 0.29) is 18.4 Å². The fraction of sp³-hybridized carbons (Fsp3) is 0.292. The summed E-state index contributed by atoms with van der Waals surface area (Å²) in [5, 5.41) is 0. The number of para-hydroxylation sites is 1. The van der Waals surface area contributed by atoms with Crippen LogP contribution in [-0.2, 0) is 4.79 Å². The Hall–Kier alpha value is -3.41. The molecule has 0 radical (unpaired) electrons. The molecule has 154 valence electrons. The molecule has 1 aliphatic rings. The van der Waals surface area contributed by atoms with Crippen molar-refractivity contribution in [1.82, 2.24) is 14.9 Å². The molecule has 0 bridgehead atoms. The van der Waals surface area contributed by atoms with E-state index in [2.05, 4.69) is 4.98 Å². The molecule has 0 spiro atoms. The summed E-state index contributed by atoms with van der Waals surface area (Å²) >= 11 is 0. The Bertz CT molecular complexity index is 994. The number of benzene rings is 2. The van der Waals surface area contributed by atoms with E-state index in [0.29, 0.717) is 12.3 Å². The summed E-state index contributed by atoms with van der Waals surface area (Å²) < 4.78 is 10.9. The van der Waals surface area contributed by atoms with Crippen LogP contribution in [0.25, 0.3) is 11.3 Å². The van der Waals surface area contributed by atoms with Crippen LogP contribution in [0, 0.1) is 0 Å². The van der Waals surface area contributed by atoms with Crippen LogP contribution in [0.4, 0.5) is 0 Å². The standard InChI is InChI=1S/C24H25N3O3/c1-29-21-11-5-7-18(13-21)22-14-25-15-23(26-22)19-8-6-12-27(16-19)24(28)17-30-20-9-3-2-4-10-20/h2-5,7,9-11,13-15,19H,6,8,12,16-17H2,1H3/t19-/m1/s1. The van der Waals surface area contributed by atoms with Crippen molar-refractivity contribution in [1.29, 1.82) is 0 Å². The molecule has 30 heavy (non-hydrogen) atoms. The molecule has 4 rings (SSSR count). The van der Waals surface area contributed by atoms with Crippen LogP contribution in [0.5, 0.6) is 11.5 Å². The molecule has 1 amide bonds. The Morgan fingerprint density at radius 1 is 1.10 bits per heavy atom. The molecule has 0 saturated carbocycles. The Morgan fingerprint density at radius 2 is 1.93 bits per heavy atom. The van der Waals surface area contributed by atoms with Crippen LogP contribution in [0.2, 0.25) is 0 Å². The fourth-order valence-electron chi connectivity index (χ4n) is 3.70. The van der Waals surface area contributed by atoms with Crippen LogP contribution in [0.3, 0.4) is 0 Å². The second kappa shape index (κ2) is 9.39. The number of ether oxygens (including phenoxy) is 2. The number of methoxy groups -OCH3 is 1. The molecule has 1 saturated heterocycles. The van der Waals surface area contributed by atoms with Crippen molar-refractivity contribution in [3.05, 3.63) is 72.7 Å². The molecule has 1 aliphatic heterocycles. The van der Waals surface area contributed by atoms with Crippen molar-refractivity contribution in [2.75, 3.05) is 26.8 Å². The van der Waals surface area contributed by atoms with Gasteiger partial charge in [-0.2, -0.15) is 0 Å². The summed E-state index contributed by atoms with van der Waals surface area (Å²) in [4.78, 5) is 23.8.